The van der Waals surface area contributed by atoms with Crippen LogP contribution in [0.3, 0.4) is 0 Å². The molecule has 24 heavy (non-hydrogen) atoms. The van der Waals surface area contributed by atoms with Crippen molar-refractivity contribution in [2.45, 2.75) is 18.0 Å². The van der Waals surface area contributed by atoms with Gasteiger partial charge in [-0.25, -0.2) is 4.39 Å². The predicted octanol–water partition coefficient (Wildman–Crippen LogP) is 3.86. The number of halogens is 1. The van der Waals surface area contributed by atoms with Gasteiger partial charge in [-0.2, -0.15) is 5.26 Å². The number of nitrogens with zero attached hydrogens (tertiary/aromatic N) is 5. The molecule has 0 unspecified atom stereocenters. The summed E-state index contributed by atoms with van der Waals surface area (Å²) in [6.45, 7) is 0. The lowest BCUT2D eigenvalue weighted by molar-refractivity contribution is 0.627. The third kappa shape index (κ3) is 3.60. The van der Waals surface area contributed by atoms with Crippen LogP contribution >= 0.6 is 11.8 Å². The molecule has 3 aromatic rings. The van der Waals surface area contributed by atoms with Crippen LogP contribution in [-0.2, 0) is 0 Å². The zero-order valence-electron chi connectivity index (χ0n) is 12.8. The van der Waals surface area contributed by atoms with Crippen LogP contribution in [0.4, 0.5) is 4.39 Å². The normalized spacial score (nSPS) is 10.5. The monoisotopic (exact) mass is 339 g/mol. The van der Waals surface area contributed by atoms with Gasteiger partial charge in [-0.3, -0.25) is 9.55 Å². The van der Waals surface area contributed by atoms with E-state index in [9.17, 15) is 4.39 Å². The summed E-state index contributed by atoms with van der Waals surface area (Å²) in [5, 5.41) is 17.9. The van der Waals surface area contributed by atoms with Crippen LogP contribution < -0.4 is 0 Å². The molecule has 7 heteroatoms. The number of hydrogen-bond donors (Lipinski definition) is 0. The van der Waals surface area contributed by atoms with E-state index in [-0.39, 0.29) is 5.82 Å². The van der Waals surface area contributed by atoms with E-state index >= 15 is 0 Å². The van der Waals surface area contributed by atoms with Crippen molar-refractivity contribution >= 4 is 11.8 Å². The molecule has 120 valence electrons. The van der Waals surface area contributed by atoms with Gasteiger partial charge in [-0.15, -0.1) is 10.2 Å². The summed E-state index contributed by atoms with van der Waals surface area (Å²) in [4.78, 5) is 4.02. The predicted molar refractivity (Wildman–Crippen MR) is 90.1 cm³/mol. The summed E-state index contributed by atoms with van der Waals surface area (Å²) >= 11 is 1.53. The van der Waals surface area contributed by atoms with Gasteiger partial charge in [0.1, 0.15) is 5.82 Å². The minimum absolute atomic E-state index is 0.291. The maximum absolute atomic E-state index is 13.3. The number of unbranched alkanes of at least 4 members (excludes halogenated alkanes) is 1. The summed E-state index contributed by atoms with van der Waals surface area (Å²) < 4.78 is 15.1. The van der Waals surface area contributed by atoms with E-state index in [1.54, 1.807) is 24.5 Å². The Morgan fingerprint density at radius 1 is 1.08 bits per heavy atom. The molecule has 2 heterocycles. The van der Waals surface area contributed by atoms with Crippen LogP contribution in [0.2, 0.25) is 0 Å². The molecule has 0 N–H and O–H groups in total. The molecule has 0 aliphatic rings. The summed E-state index contributed by atoms with van der Waals surface area (Å²) in [6.07, 6.45) is 4.68. The van der Waals surface area contributed by atoms with Gasteiger partial charge in [0.05, 0.1) is 6.07 Å². The first-order chi connectivity index (χ1) is 11.8. The average Bonchev–Trinajstić information content (AvgIpc) is 3.04. The SMILES string of the molecule is N#CCCCSc1nnc(-c2ccncc2)n1-c1ccc(F)cc1. The Morgan fingerprint density at radius 2 is 1.83 bits per heavy atom. The van der Waals surface area contributed by atoms with Gasteiger partial charge in [-0.05, 0) is 42.8 Å². The van der Waals surface area contributed by atoms with E-state index in [0.717, 1.165) is 23.4 Å². The molecule has 0 fully saturated rings. The van der Waals surface area contributed by atoms with Gasteiger partial charge in [0.15, 0.2) is 11.0 Å². The van der Waals surface area contributed by atoms with Crippen molar-refractivity contribution < 1.29 is 4.39 Å². The fourth-order valence-corrected chi connectivity index (χ4v) is 3.08. The Morgan fingerprint density at radius 3 is 2.54 bits per heavy atom. The van der Waals surface area contributed by atoms with E-state index in [4.69, 9.17) is 5.26 Å². The van der Waals surface area contributed by atoms with Gasteiger partial charge in [0.25, 0.3) is 0 Å². The first-order valence-electron chi connectivity index (χ1n) is 7.41. The first kappa shape index (κ1) is 16.1. The van der Waals surface area contributed by atoms with Crippen molar-refractivity contribution in [2.75, 3.05) is 5.75 Å². The fraction of sp³-hybridized carbons (Fsp3) is 0.176. The Kier molecular flexibility index (Phi) is 5.18. The molecule has 0 saturated heterocycles. The molecule has 0 amide bonds. The van der Waals surface area contributed by atoms with E-state index in [1.807, 2.05) is 16.7 Å². The number of benzene rings is 1. The number of rotatable bonds is 6. The van der Waals surface area contributed by atoms with Crippen LogP contribution in [0.25, 0.3) is 17.1 Å². The van der Waals surface area contributed by atoms with Gasteiger partial charge < -0.3 is 0 Å². The maximum atomic E-state index is 13.3. The lowest BCUT2D eigenvalue weighted by atomic mass is 10.2. The molecule has 2 aromatic heterocycles. The number of aromatic nitrogens is 4. The fourth-order valence-electron chi connectivity index (χ4n) is 2.19. The van der Waals surface area contributed by atoms with E-state index < -0.39 is 0 Å². The van der Waals surface area contributed by atoms with Crippen LogP contribution in [0.15, 0.2) is 53.9 Å². The standard InChI is InChI=1S/C17H14FN5S/c18-14-3-5-15(6-4-14)23-16(13-7-10-20-11-8-13)21-22-17(23)24-12-2-1-9-19/h3-8,10-11H,1-2,12H2. The summed E-state index contributed by atoms with van der Waals surface area (Å²) in [5.74, 6) is 1.15. The third-order valence-electron chi connectivity index (χ3n) is 3.32. The second-order valence-electron chi connectivity index (χ2n) is 4.96. The lowest BCUT2D eigenvalue weighted by Crippen LogP contribution is -2.00. The number of hydrogen-bond acceptors (Lipinski definition) is 5. The van der Waals surface area contributed by atoms with E-state index in [2.05, 4.69) is 21.3 Å². The second kappa shape index (κ2) is 7.70. The Hall–Kier alpha value is -2.72. The minimum atomic E-state index is -0.291. The molecule has 0 aliphatic heterocycles. The molecule has 0 atom stereocenters. The van der Waals surface area contributed by atoms with Gasteiger partial charge in [0.2, 0.25) is 0 Å². The molecule has 0 aliphatic carbocycles. The molecular weight excluding hydrogens is 325 g/mol. The number of pyridine rings is 1. The van der Waals surface area contributed by atoms with Crippen molar-refractivity contribution in [3.63, 3.8) is 0 Å². The van der Waals surface area contributed by atoms with E-state index in [0.29, 0.717) is 17.4 Å². The molecule has 0 bridgehead atoms. The Balaban J connectivity index is 1.99. The number of thioether (sulfide) groups is 1. The molecule has 1 aromatic carbocycles. The van der Waals surface area contributed by atoms with Crippen LogP contribution in [0.1, 0.15) is 12.8 Å². The highest BCUT2D eigenvalue weighted by Gasteiger charge is 2.16. The van der Waals surface area contributed by atoms with Gasteiger partial charge in [0, 0.05) is 35.8 Å². The highest BCUT2D eigenvalue weighted by molar-refractivity contribution is 7.99. The summed E-state index contributed by atoms with van der Waals surface area (Å²) in [5.41, 5.74) is 1.67. The molecule has 0 radical (unpaired) electrons. The van der Waals surface area contributed by atoms with Crippen LogP contribution in [0.5, 0.6) is 0 Å². The largest absolute Gasteiger partial charge is 0.270 e. The average molecular weight is 339 g/mol. The van der Waals surface area contributed by atoms with Gasteiger partial charge >= 0.3 is 0 Å². The Bertz CT molecular complexity index is 840. The van der Waals surface area contributed by atoms with Crippen molar-refractivity contribution in [3.05, 3.63) is 54.6 Å². The first-order valence-corrected chi connectivity index (χ1v) is 8.39. The highest BCUT2D eigenvalue weighted by Crippen LogP contribution is 2.28. The zero-order valence-corrected chi connectivity index (χ0v) is 13.6. The zero-order chi connectivity index (χ0) is 16.8. The topological polar surface area (TPSA) is 67.4 Å². The van der Waals surface area contributed by atoms with Crippen molar-refractivity contribution in [3.8, 4) is 23.1 Å². The highest BCUT2D eigenvalue weighted by atomic mass is 32.2. The summed E-state index contributed by atoms with van der Waals surface area (Å²) in [6, 6.07) is 12.1. The molecule has 3 rings (SSSR count). The molecule has 0 saturated carbocycles. The van der Waals surface area contributed by atoms with E-state index in [1.165, 1.54) is 23.9 Å². The van der Waals surface area contributed by atoms with Crippen molar-refractivity contribution in [1.29, 1.82) is 5.26 Å². The summed E-state index contributed by atoms with van der Waals surface area (Å²) in [7, 11) is 0. The van der Waals surface area contributed by atoms with Crippen molar-refractivity contribution in [1.82, 2.24) is 19.7 Å². The maximum Gasteiger partial charge on any atom is 0.196 e. The smallest absolute Gasteiger partial charge is 0.196 e. The third-order valence-corrected chi connectivity index (χ3v) is 4.34. The molecule has 5 nitrogen and oxygen atoms in total. The number of nitriles is 1. The molecule has 0 spiro atoms. The van der Waals surface area contributed by atoms with Gasteiger partial charge in [-0.1, -0.05) is 11.8 Å². The Labute approximate surface area is 143 Å². The quantitative estimate of drug-likeness (QED) is 0.504. The lowest BCUT2D eigenvalue weighted by Gasteiger charge is -2.10. The van der Waals surface area contributed by atoms with Crippen LogP contribution in [-0.4, -0.2) is 25.5 Å². The van der Waals surface area contributed by atoms with Crippen LogP contribution in [0, 0.1) is 17.1 Å². The second-order valence-corrected chi connectivity index (χ2v) is 6.03. The van der Waals surface area contributed by atoms with Crippen molar-refractivity contribution in [2.24, 2.45) is 0 Å². The molecular formula is C17H14FN5S. The minimum Gasteiger partial charge on any atom is -0.270 e.